The van der Waals surface area contributed by atoms with E-state index in [1.807, 2.05) is 0 Å². The third kappa shape index (κ3) is 11.6. The fraction of sp³-hybridized carbons (Fsp3) is 0.625. The molecule has 3 heteroatoms. The van der Waals surface area contributed by atoms with Crippen molar-refractivity contribution in [3.63, 3.8) is 0 Å². The van der Waals surface area contributed by atoms with Crippen LogP contribution in [0.5, 0.6) is 0 Å². The van der Waals surface area contributed by atoms with Crippen molar-refractivity contribution in [3.8, 4) is 0 Å². The molecule has 0 aliphatic heterocycles. The van der Waals surface area contributed by atoms with Crippen LogP contribution in [0, 0.1) is 0 Å². The Bertz CT molecular complexity index is 565. The molecule has 0 unspecified atom stereocenters. The molecule has 2 nitrogen and oxygen atoms in total. The maximum atomic E-state index is 2.33. The number of hydrogen-bond acceptors (Lipinski definition) is 0. The minimum atomic E-state index is 0. The SMILES string of the molecule is CCCCCCCCCCCCCCn1cc[n+](Cc2ccccc2)c1.[I-]. The van der Waals surface area contributed by atoms with Crippen molar-refractivity contribution in [2.45, 2.75) is 97.1 Å². The number of unbranched alkanes of at least 4 members (excludes halogenated alkanes) is 11. The quantitative estimate of drug-likeness (QED) is 0.209. The van der Waals surface area contributed by atoms with Gasteiger partial charge in [-0.1, -0.05) is 101 Å². The Morgan fingerprint density at radius 3 is 1.89 bits per heavy atom. The van der Waals surface area contributed by atoms with E-state index in [9.17, 15) is 0 Å². The van der Waals surface area contributed by atoms with E-state index in [-0.39, 0.29) is 24.0 Å². The van der Waals surface area contributed by atoms with Gasteiger partial charge in [0, 0.05) is 0 Å². The minimum absolute atomic E-state index is 0. The highest BCUT2D eigenvalue weighted by Gasteiger charge is 2.04. The predicted octanol–water partition coefficient (Wildman–Crippen LogP) is 3.53. The summed E-state index contributed by atoms with van der Waals surface area (Å²) in [6.45, 7) is 4.41. The van der Waals surface area contributed by atoms with E-state index in [4.69, 9.17) is 0 Å². The molecule has 0 bridgehead atoms. The van der Waals surface area contributed by atoms with Gasteiger partial charge < -0.3 is 24.0 Å². The Balaban J connectivity index is 0.00000364. The first-order valence-electron chi connectivity index (χ1n) is 11.0. The van der Waals surface area contributed by atoms with Crippen molar-refractivity contribution in [2.75, 3.05) is 0 Å². The molecule has 0 saturated heterocycles. The van der Waals surface area contributed by atoms with Crippen LogP contribution in [0.15, 0.2) is 49.1 Å². The Kier molecular flexibility index (Phi) is 14.5. The van der Waals surface area contributed by atoms with Gasteiger partial charge in [-0.05, 0) is 18.4 Å². The zero-order valence-electron chi connectivity index (χ0n) is 17.3. The van der Waals surface area contributed by atoms with Crippen molar-refractivity contribution in [3.05, 3.63) is 54.6 Å². The summed E-state index contributed by atoms with van der Waals surface area (Å²) >= 11 is 0. The fourth-order valence-electron chi connectivity index (χ4n) is 3.59. The highest BCUT2D eigenvalue weighted by atomic mass is 127. The molecular formula is C24H39IN2. The fourth-order valence-corrected chi connectivity index (χ4v) is 3.59. The van der Waals surface area contributed by atoms with Crippen molar-refractivity contribution >= 4 is 0 Å². The van der Waals surface area contributed by atoms with E-state index in [2.05, 4.69) is 65.1 Å². The smallest absolute Gasteiger partial charge is 0.244 e. The molecule has 0 aliphatic rings. The molecule has 0 amide bonds. The second-order valence-electron chi connectivity index (χ2n) is 7.70. The predicted molar refractivity (Wildman–Crippen MR) is 111 cm³/mol. The van der Waals surface area contributed by atoms with Crippen LogP contribution < -0.4 is 28.5 Å². The van der Waals surface area contributed by atoms with Crippen LogP contribution in [0.3, 0.4) is 0 Å². The van der Waals surface area contributed by atoms with Crippen molar-refractivity contribution < 1.29 is 28.5 Å². The van der Waals surface area contributed by atoms with Crippen LogP contribution in [-0.4, -0.2) is 4.57 Å². The van der Waals surface area contributed by atoms with Crippen LogP contribution in [0.4, 0.5) is 0 Å². The summed E-state index contributed by atoms with van der Waals surface area (Å²) in [6.07, 6.45) is 23.6. The number of imidazole rings is 1. The summed E-state index contributed by atoms with van der Waals surface area (Å²) in [7, 11) is 0. The molecule has 1 aromatic heterocycles. The largest absolute Gasteiger partial charge is 1.00 e. The van der Waals surface area contributed by atoms with Gasteiger partial charge in [0.05, 0.1) is 6.54 Å². The summed E-state index contributed by atoms with van der Waals surface area (Å²) in [6, 6.07) is 10.7. The molecule has 0 spiro atoms. The molecule has 1 aromatic carbocycles. The second-order valence-corrected chi connectivity index (χ2v) is 7.70. The van der Waals surface area contributed by atoms with E-state index < -0.39 is 0 Å². The van der Waals surface area contributed by atoms with E-state index >= 15 is 0 Å². The van der Waals surface area contributed by atoms with Crippen LogP contribution in [0.2, 0.25) is 0 Å². The average Bonchev–Trinajstić information content (AvgIpc) is 3.11. The Morgan fingerprint density at radius 1 is 0.741 bits per heavy atom. The number of rotatable bonds is 15. The van der Waals surface area contributed by atoms with E-state index in [0.29, 0.717) is 0 Å². The summed E-state index contributed by atoms with van der Waals surface area (Å²) in [5.74, 6) is 0. The van der Waals surface area contributed by atoms with Crippen LogP contribution in [-0.2, 0) is 13.1 Å². The van der Waals surface area contributed by atoms with Crippen molar-refractivity contribution in [2.24, 2.45) is 0 Å². The molecule has 2 rings (SSSR count). The lowest BCUT2D eigenvalue weighted by atomic mass is 10.1. The van der Waals surface area contributed by atoms with Gasteiger partial charge in [0.25, 0.3) is 0 Å². The summed E-state index contributed by atoms with van der Waals surface area (Å²) in [4.78, 5) is 0. The van der Waals surface area contributed by atoms with E-state index in [1.54, 1.807) is 0 Å². The van der Waals surface area contributed by atoms with Gasteiger partial charge in [-0.3, -0.25) is 0 Å². The number of aromatic nitrogens is 2. The molecule has 1 heterocycles. The Morgan fingerprint density at radius 2 is 1.30 bits per heavy atom. The lowest BCUT2D eigenvalue weighted by molar-refractivity contribution is -0.687. The van der Waals surface area contributed by atoms with E-state index in [0.717, 1.165) is 13.1 Å². The Labute approximate surface area is 184 Å². The topological polar surface area (TPSA) is 8.81 Å². The average molecular weight is 482 g/mol. The standard InChI is InChI=1S/C24H39N2.HI/c1-2-3-4-5-6-7-8-9-10-11-12-16-19-25-20-21-26(23-25)22-24-17-14-13-15-18-24;/h13-15,17-18,20-21,23H,2-12,16,19,22H2,1H3;1H/q+1;/p-1. The van der Waals surface area contributed by atoms with Gasteiger partial charge in [-0.15, -0.1) is 0 Å². The third-order valence-electron chi connectivity index (χ3n) is 5.22. The number of benzene rings is 1. The first-order chi connectivity index (χ1) is 12.9. The second kappa shape index (κ2) is 16.1. The lowest BCUT2D eigenvalue weighted by Gasteiger charge is -2.02. The van der Waals surface area contributed by atoms with E-state index in [1.165, 1.54) is 82.6 Å². The van der Waals surface area contributed by atoms with Gasteiger partial charge >= 0.3 is 0 Å². The van der Waals surface area contributed by atoms with Crippen LogP contribution in [0.1, 0.15) is 89.5 Å². The highest BCUT2D eigenvalue weighted by Crippen LogP contribution is 2.12. The molecule has 0 saturated carbocycles. The summed E-state index contributed by atoms with van der Waals surface area (Å²) in [5, 5.41) is 0. The normalized spacial score (nSPS) is 10.7. The molecule has 0 radical (unpaired) electrons. The lowest BCUT2D eigenvalue weighted by Crippen LogP contribution is -3.00. The molecule has 0 fully saturated rings. The first-order valence-corrected chi connectivity index (χ1v) is 11.0. The third-order valence-corrected chi connectivity index (χ3v) is 5.22. The van der Waals surface area contributed by atoms with Crippen LogP contribution >= 0.6 is 0 Å². The maximum absolute atomic E-state index is 2.33. The monoisotopic (exact) mass is 482 g/mol. The highest BCUT2D eigenvalue weighted by molar-refractivity contribution is 5.13. The summed E-state index contributed by atoms with van der Waals surface area (Å²) < 4.78 is 4.61. The molecular weight excluding hydrogens is 443 g/mol. The van der Waals surface area contributed by atoms with Crippen molar-refractivity contribution in [1.82, 2.24) is 4.57 Å². The number of halogens is 1. The number of aryl methyl sites for hydroxylation is 1. The molecule has 0 N–H and O–H groups in total. The maximum Gasteiger partial charge on any atom is 0.244 e. The first kappa shape index (κ1) is 24.2. The minimum Gasteiger partial charge on any atom is -1.00 e. The molecule has 0 atom stereocenters. The summed E-state index contributed by atoms with van der Waals surface area (Å²) in [5.41, 5.74) is 1.36. The van der Waals surface area contributed by atoms with Crippen molar-refractivity contribution in [1.29, 1.82) is 0 Å². The van der Waals surface area contributed by atoms with Gasteiger partial charge in [-0.25, -0.2) is 9.13 Å². The molecule has 152 valence electrons. The molecule has 27 heavy (non-hydrogen) atoms. The number of nitrogens with zero attached hydrogens (tertiary/aromatic N) is 2. The zero-order valence-corrected chi connectivity index (χ0v) is 19.4. The van der Waals surface area contributed by atoms with Gasteiger partial charge in [-0.2, -0.15) is 0 Å². The number of hydrogen-bond donors (Lipinski definition) is 0. The Hall–Kier alpha value is -0.840. The molecule has 0 aliphatic carbocycles. The van der Waals surface area contributed by atoms with Gasteiger partial charge in [0.1, 0.15) is 18.9 Å². The molecule has 2 aromatic rings. The zero-order chi connectivity index (χ0) is 18.3. The van der Waals surface area contributed by atoms with Gasteiger partial charge in [0.15, 0.2) is 0 Å². The van der Waals surface area contributed by atoms with Crippen LogP contribution in [0.25, 0.3) is 0 Å². The van der Waals surface area contributed by atoms with Gasteiger partial charge in [0.2, 0.25) is 6.33 Å².